The van der Waals surface area contributed by atoms with E-state index in [0.717, 1.165) is 21.9 Å². The summed E-state index contributed by atoms with van der Waals surface area (Å²) in [6.07, 6.45) is 0. The van der Waals surface area contributed by atoms with Crippen molar-refractivity contribution in [3.63, 3.8) is 0 Å². The number of benzene rings is 2. The van der Waals surface area contributed by atoms with Crippen molar-refractivity contribution in [1.82, 2.24) is 10.4 Å². The average molecular weight is 439 g/mol. The van der Waals surface area contributed by atoms with Crippen molar-refractivity contribution in [2.75, 3.05) is 22.2 Å². The normalized spacial score (nSPS) is 10.1. The van der Waals surface area contributed by atoms with E-state index in [9.17, 15) is 14.4 Å². The van der Waals surface area contributed by atoms with Crippen LogP contribution >= 0.6 is 11.3 Å². The maximum atomic E-state index is 12.9. The van der Waals surface area contributed by atoms with E-state index in [-0.39, 0.29) is 17.4 Å². The van der Waals surface area contributed by atoms with Crippen LogP contribution in [0.4, 0.5) is 26.1 Å². The number of aryl methyl sites for hydroxylation is 1. The Morgan fingerprint density at radius 1 is 1.00 bits per heavy atom. The third-order valence-electron chi connectivity index (χ3n) is 3.92. The molecule has 0 aliphatic carbocycles. The van der Waals surface area contributed by atoms with E-state index in [4.69, 9.17) is 4.74 Å². The fraction of sp³-hybridized carbons (Fsp3) is 0.143. The van der Waals surface area contributed by atoms with Gasteiger partial charge in [0.1, 0.15) is 0 Å². The van der Waals surface area contributed by atoms with Gasteiger partial charge in [0.15, 0.2) is 5.69 Å². The first-order valence-corrected chi connectivity index (χ1v) is 10.3. The summed E-state index contributed by atoms with van der Waals surface area (Å²) in [6.45, 7) is 3.81. The number of hydrogen-bond acceptors (Lipinski definition) is 6. The molecule has 0 bridgehead atoms. The van der Waals surface area contributed by atoms with Crippen molar-refractivity contribution in [2.45, 2.75) is 13.8 Å². The Balaban J connectivity index is 1.79. The van der Waals surface area contributed by atoms with Crippen LogP contribution in [0.5, 0.6) is 0 Å². The SMILES string of the molecule is CCOC(=O)c1csc(N(NC(=O)Nc2ccc(C)cc2)C(=O)Nc2ccccc2)n1. The van der Waals surface area contributed by atoms with Crippen molar-refractivity contribution in [1.29, 1.82) is 0 Å². The molecule has 0 unspecified atom stereocenters. The molecule has 0 aliphatic rings. The van der Waals surface area contributed by atoms with E-state index in [0.29, 0.717) is 11.4 Å². The van der Waals surface area contributed by atoms with Crippen LogP contribution in [0.25, 0.3) is 0 Å². The Bertz CT molecular complexity index is 1050. The van der Waals surface area contributed by atoms with Gasteiger partial charge in [-0.25, -0.2) is 24.8 Å². The number of ether oxygens (including phenoxy) is 1. The van der Waals surface area contributed by atoms with E-state index in [2.05, 4.69) is 21.0 Å². The largest absolute Gasteiger partial charge is 0.461 e. The minimum Gasteiger partial charge on any atom is -0.461 e. The van der Waals surface area contributed by atoms with Gasteiger partial charge in [-0.3, -0.25) is 0 Å². The molecule has 9 nitrogen and oxygen atoms in total. The lowest BCUT2D eigenvalue weighted by Crippen LogP contribution is -2.50. The number of hydrazine groups is 1. The standard InChI is InChI=1S/C21H21N5O4S/c1-3-30-18(27)17-13-31-21(24-17)26(20(29)23-15-7-5-4-6-8-15)25-19(28)22-16-11-9-14(2)10-12-16/h4-13H,3H2,1-2H3,(H,23,29)(H2,22,25,28). The number of rotatable bonds is 5. The highest BCUT2D eigenvalue weighted by atomic mass is 32.1. The van der Waals surface area contributed by atoms with Gasteiger partial charge >= 0.3 is 18.0 Å². The first kappa shape index (κ1) is 21.8. The smallest absolute Gasteiger partial charge is 0.357 e. The summed E-state index contributed by atoms with van der Waals surface area (Å²) in [6, 6.07) is 14.6. The lowest BCUT2D eigenvalue weighted by molar-refractivity contribution is 0.0520. The van der Waals surface area contributed by atoms with Gasteiger partial charge in [-0.1, -0.05) is 35.9 Å². The summed E-state index contributed by atoms with van der Waals surface area (Å²) in [5.41, 5.74) is 4.64. The molecule has 3 N–H and O–H groups in total. The number of para-hydroxylation sites is 1. The third kappa shape index (κ3) is 6.03. The molecule has 0 saturated heterocycles. The first-order chi connectivity index (χ1) is 15.0. The van der Waals surface area contributed by atoms with Gasteiger partial charge in [0.05, 0.1) is 6.61 Å². The molecule has 3 rings (SSSR count). The number of amides is 4. The lowest BCUT2D eigenvalue weighted by atomic mass is 10.2. The number of nitrogens with one attached hydrogen (secondary N) is 3. The zero-order valence-electron chi connectivity index (χ0n) is 16.9. The molecule has 3 aromatic rings. The summed E-state index contributed by atoms with van der Waals surface area (Å²) < 4.78 is 4.93. The first-order valence-electron chi connectivity index (χ1n) is 9.39. The number of carbonyl (C=O) groups excluding carboxylic acids is 3. The molecule has 0 saturated carbocycles. The van der Waals surface area contributed by atoms with E-state index < -0.39 is 18.0 Å². The molecule has 0 atom stereocenters. The molecule has 2 aromatic carbocycles. The molecule has 10 heteroatoms. The highest BCUT2D eigenvalue weighted by Crippen LogP contribution is 2.21. The van der Waals surface area contributed by atoms with E-state index in [1.54, 1.807) is 43.3 Å². The number of carbonyl (C=O) groups is 3. The molecule has 0 spiro atoms. The van der Waals surface area contributed by atoms with Gasteiger partial charge < -0.3 is 15.4 Å². The molecular weight excluding hydrogens is 418 g/mol. The van der Waals surface area contributed by atoms with Crippen molar-refractivity contribution < 1.29 is 19.1 Å². The van der Waals surface area contributed by atoms with Crippen LogP contribution in [0.2, 0.25) is 0 Å². The van der Waals surface area contributed by atoms with Crippen LogP contribution in [0.15, 0.2) is 60.0 Å². The number of esters is 1. The number of urea groups is 2. The Morgan fingerprint density at radius 2 is 1.68 bits per heavy atom. The topological polar surface area (TPSA) is 113 Å². The molecule has 160 valence electrons. The van der Waals surface area contributed by atoms with Gasteiger partial charge in [-0.15, -0.1) is 11.3 Å². The fourth-order valence-electron chi connectivity index (χ4n) is 2.45. The van der Waals surface area contributed by atoms with Crippen molar-refractivity contribution in [3.05, 3.63) is 71.2 Å². The van der Waals surface area contributed by atoms with E-state index in [1.165, 1.54) is 5.38 Å². The minimum absolute atomic E-state index is 0.0418. The molecule has 4 amide bonds. The predicted octanol–water partition coefficient (Wildman–Crippen LogP) is 4.40. The summed E-state index contributed by atoms with van der Waals surface area (Å²) in [4.78, 5) is 41.5. The Morgan fingerprint density at radius 3 is 2.35 bits per heavy atom. The second-order valence-corrected chi connectivity index (χ2v) is 7.14. The van der Waals surface area contributed by atoms with Crippen LogP contribution in [-0.4, -0.2) is 29.6 Å². The molecule has 1 aromatic heterocycles. The Hall–Kier alpha value is -3.92. The maximum Gasteiger partial charge on any atom is 0.357 e. The Kier molecular flexibility index (Phi) is 7.17. The minimum atomic E-state index is -0.657. The van der Waals surface area contributed by atoms with Gasteiger partial charge in [-0.2, -0.15) is 5.01 Å². The van der Waals surface area contributed by atoms with Gasteiger partial charge in [-0.05, 0) is 38.1 Å². The number of thiazole rings is 1. The van der Waals surface area contributed by atoms with Crippen molar-refractivity contribution >= 4 is 45.9 Å². The average Bonchev–Trinajstić information content (AvgIpc) is 3.24. The molecule has 0 aliphatic heterocycles. The highest BCUT2D eigenvalue weighted by molar-refractivity contribution is 7.14. The molecule has 0 radical (unpaired) electrons. The third-order valence-corrected chi connectivity index (χ3v) is 4.74. The van der Waals surface area contributed by atoms with E-state index in [1.807, 2.05) is 25.1 Å². The summed E-state index contributed by atoms with van der Waals surface area (Å²) in [7, 11) is 0. The van der Waals surface area contributed by atoms with Crippen LogP contribution in [0.1, 0.15) is 23.0 Å². The zero-order chi connectivity index (χ0) is 22.2. The van der Waals surface area contributed by atoms with Gasteiger partial charge in [0.2, 0.25) is 5.13 Å². The maximum absolute atomic E-state index is 12.9. The van der Waals surface area contributed by atoms with Crippen molar-refractivity contribution in [2.24, 2.45) is 0 Å². The van der Waals surface area contributed by atoms with Gasteiger partial charge in [0, 0.05) is 16.8 Å². The van der Waals surface area contributed by atoms with Crippen LogP contribution in [0.3, 0.4) is 0 Å². The second kappa shape index (κ2) is 10.2. The zero-order valence-corrected chi connectivity index (χ0v) is 17.7. The van der Waals surface area contributed by atoms with Crippen LogP contribution < -0.4 is 21.1 Å². The molecule has 31 heavy (non-hydrogen) atoms. The number of anilines is 3. The molecule has 0 fully saturated rings. The second-order valence-electron chi connectivity index (χ2n) is 6.30. The Labute approximate surface area is 183 Å². The quantitative estimate of drug-likeness (QED) is 0.403. The number of aromatic nitrogens is 1. The highest BCUT2D eigenvalue weighted by Gasteiger charge is 2.24. The summed E-state index contributed by atoms with van der Waals surface area (Å²) in [5, 5.41) is 7.81. The summed E-state index contributed by atoms with van der Waals surface area (Å²) >= 11 is 1.01. The van der Waals surface area contributed by atoms with Gasteiger partial charge in [0.25, 0.3) is 0 Å². The predicted molar refractivity (Wildman–Crippen MR) is 119 cm³/mol. The van der Waals surface area contributed by atoms with E-state index >= 15 is 0 Å². The lowest BCUT2D eigenvalue weighted by Gasteiger charge is -2.21. The molecular formula is C21H21N5O4S. The van der Waals surface area contributed by atoms with Crippen LogP contribution in [-0.2, 0) is 4.74 Å². The van der Waals surface area contributed by atoms with Crippen LogP contribution in [0, 0.1) is 6.92 Å². The number of nitrogens with zero attached hydrogens (tertiary/aromatic N) is 2. The molecule has 1 heterocycles. The van der Waals surface area contributed by atoms with Crippen molar-refractivity contribution in [3.8, 4) is 0 Å². The number of hydrogen-bond donors (Lipinski definition) is 3. The monoisotopic (exact) mass is 439 g/mol. The summed E-state index contributed by atoms with van der Waals surface area (Å²) in [5.74, 6) is -0.613. The fourth-order valence-corrected chi connectivity index (χ4v) is 3.20.